The number of benzene rings is 1. The van der Waals surface area contributed by atoms with Crippen molar-refractivity contribution in [3.05, 3.63) is 23.8 Å². The van der Waals surface area contributed by atoms with Crippen LogP contribution in [0.3, 0.4) is 0 Å². The van der Waals surface area contributed by atoms with Crippen LogP contribution in [0, 0.1) is 0 Å². The molecule has 0 spiro atoms. The Labute approximate surface area is 124 Å². The van der Waals surface area contributed by atoms with Gasteiger partial charge in [-0.1, -0.05) is 0 Å². The number of hydrogen-bond acceptors (Lipinski definition) is 4. The van der Waals surface area contributed by atoms with Crippen LogP contribution < -0.4 is 16.0 Å². The van der Waals surface area contributed by atoms with Crippen molar-refractivity contribution in [1.82, 2.24) is 0 Å². The summed E-state index contributed by atoms with van der Waals surface area (Å²) in [6.07, 6.45) is 3.54. The highest BCUT2D eigenvalue weighted by atomic mass is 32.1. The summed E-state index contributed by atoms with van der Waals surface area (Å²) in [7, 11) is 1.38. The topological polar surface area (TPSA) is 67.6 Å². The summed E-state index contributed by atoms with van der Waals surface area (Å²) in [6.45, 7) is 1.94. The average molecular weight is 293 g/mol. The first-order valence-electron chi connectivity index (χ1n) is 6.65. The van der Waals surface area contributed by atoms with Gasteiger partial charge < -0.3 is 20.7 Å². The zero-order valence-corrected chi connectivity index (χ0v) is 12.3. The van der Waals surface area contributed by atoms with Gasteiger partial charge in [0, 0.05) is 13.1 Å². The highest BCUT2D eigenvalue weighted by Crippen LogP contribution is 2.30. The maximum atomic E-state index is 11.7. The van der Waals surface area contributed by atoms with E-state index < -0.39 is 0 Å². The molecule has 0 aromatic heterocycles. The van der Waals surface area contributed by atoms with E-state index in [1.54, 1.807) is 6.07 Å². The fourth-order valence-electron chi connectivity index (χ4n) is 2.41. The molecule has 1 fully saturated rings. The van der Waals surface area contributed by atoms with E-state index in [0.717, 1.165) is 37.3 Å². The van der Waals surface area contributed by atoms with Gasteiger partial charge in [-0.25, -0.2) is 4.79 Å². The summed E-state index contributed by atoms with van der Waals surface area (Å²) in [5.41, 5.74) is 7.86. The number of methoxy groups -OCH3 is 1. The number of carbonyl (C=O) groups is 1. The van der Waals surface area contributed by atoms with Crippen LogP contribution in [0.15, 0.2) is 18.2 Å². The van der Waals surface area contributed by atoms with E-state index in [4.69, 9.17) is 22.7 Å². The molecule has 1 aliphatic rings. The molecule has 6 heteroatoms. The van der Waals surface area contributed by atoms with Gasteiger partial charge in [-0.15, -0.1) is 0 Å². The Balaban J connectivity index is 2.35. The minimum Gasteiger partial charge on any atom is -0.465 e. The fraction of sp³-hybridized carbons (Fsp3) is 0.429. The molecule has 108 valence electrons. The van der Waals surface area contributed by atoms with Crippen molar-refractivity contribution < 1.29 is 9.53 Å². The number of nitrogens with two attached hydrogens (primary N) is 1. The second-order valence-electron chi connectivity index (χ2n) is 4.76. The minimum absolute atomic E-state index is 0.217. The molecule has 1 aromatic carbocycles. The average Bonchev–Trinajstić information content (AvgIpc) is 2.47. The van der Waals surface area contributed by atoms with Crippen molar-refractivity contribution in [3.8, 4) is 0 Å². The third-order valence-electron chi connectivity index (χ3n) is 3.37. The van der Waals surface area contributed by atoms with E-state index in [-0.39, 0.29) is 11.1 Å². The molecule has 0 amide bonds. The first kappa shape index (κ1) is 14.6. The number of anilines is 2. The number of carbonyl (C=O) groups excluding carboxylic acids is 1. The summed E-state index contributed by atoms with van der Waals surface area (Å²) in [4.78, 5) is 13.9. The van der Waals surface area contributed by atoms with Crippen molar-refractivity contribution in [2.45, 2.75) is 19.3 Å². The zero-order valence-electron chi connectivity index (χ0n) is 11.5. The largest absolute Gasteiger partial charge is 0.465 e. The Morgan fingerprint density at radius 1 is 1.35 bits per heavy atom. The summed E-state index contributed by atoms with van der Waals surface area (Å²) in [5.74, 6) is -0.342. The lowest BCUT2D eigenvalue weighted by atomic mass is 10.1. The quantitative estimate of drug-likeness (QED) is 0.657. The monoisotopic (exact) mass is 293 g/mol. The molecule has 0 unspecified atom stereocenters. The van der Waals surface area contributed by atoms with Gasteiger partial charge in [-0.2, -0.15) is 0 Å². The summed E-state index contributed by atoms with van der Waals surface area (Å²) >= 11 is 4.90. The first-order valence-corrected chi connectivity index (χ1v) is 7.06. The number of thiocarbonyl (C=S) groups is 1. The third kappa shape index (κ3) is 3.39. The smallest absolute Gasteiger partial charge is 0.337 e. The van der Waals surface area contributed by atoms with Gasteiger partial charge in [0.15, 0.2) is 5.11 Å². The van der Waals surface area contributed by atoms with E-state index >= 15 is 0 Å². The molecule has 0 aliphatic carbocycles. The maximum Gasteiger partial charge on any atom is 0.337 e. The predicted octanol–water partition coefficient (Wildman–Crippen LogP) is 2.12. The highest BCUT2D eigenvalue weighted by Gasteiger charge is 2.17. The van der Waals surface area contributed by atoms with Gasteiger partial charge in [-0.3, -0.25) is 0 Å². The summed E-state index contributed by atoms with van der Waals surface area (Å²) in [6, 6.07) is 5.35. The number of hydrogen-bond donors (Lipinski definition) is 2. The van der Waals surface area contributed by atoms with Gasteiger partial charge in [0.05, 0.1) is 24.0 Å². The molecule has 0 saturated carbocycles. The van der Waals surface area contributed by atoms with Crippen LogP contribution in [0.25, 0.3) is 0 Å². The molecule has 5 nitrogen and oxygen atoms in total. The summed E-state index contributed by atoms with van der Waals surface area (Å²) < 4.78 is 4.77. The van der Waals surface area contributed by atoms with Crippen LogP contribution in [0.1, 0.15) is 29.6 Å². The standard InChI is InChI=1S/C14H19N3O2S/c1-19-13(18)10-5-6-11(16-14(15)20)12(9-10)17-7-3-2-4-8-17/h5-6,9H,2-4,7-8H2,1H3,(H3,15,16,20). The van der Waals surface area contributed by atoms with Crippen LogP contribution in [0.5, 0.6) is 0 Å². The van der Waals surface area contributed by atoms with Crippen LogP contribution >= 0.6 is 12.2 Å². The molecule has 0 radical (unpaired) electrons. The molecule has 1 aromatic rings. The van der Waals surface area contributed by atoms with Crippen LogP contribution in [-0.2, 0) is 4.74 Å². The lowest BCUT2D eigenvalue weighted by molar-refractivity contribution is 0.0601. The number of rotatable bonds is 3. The van der Waals surface area contributed by atoms with E-state index in [1.807, 2.05) is 12.1 Å². The van der Waals surface area contributed by atoms with Gasteiger partial charge in [0.25, 0.3) is 0 Å². The molecule has 1 aliphatic heterocycles. The molecule has 3 N–H and O–H groups in total. The van der Waals surface area contributed by atoms with Gasteiger partial charge >= 0.3 is 5.97 Å². The zero-order chi connectivity index (χ0) is 14.5. The summed E-state index contributed by atoms with van der Waals surface area (Å²) in [5, 5.41) is 3.19. The van der Waals surface area contributed by atoms with Crippen molar-refractivity contribution in [3.63, 3.8) is 0 Å². The SMILES string of the molecule is COC(=O)c1ccc(NC(N)=S)c(N2CCCCC2)c1. The maximum absolute atomic E-state index is 11.7. The molecule has 1 heterocycles. The molecule has 20 heavy (non-hydrogen) atoms. The normalized spacial score (nSPS) is 14.8. The molecule has 2 rings (SSSR count). The number of esters is 1. The van der Waals surface area contributed by atoms with E-state index in [2.05, 4.69) is 10.2 Å². The Morgan fingerprint density at radius 2 is 2.05 bits per heavy atom. The number of ether oxygens (including phenoxy) is 1. The van der Waals surface area contributed by atoms with Crippen molar-refractivity contribution >= 4 is 34.7 Å². The second-order valence-corrected chi connectivity index (χ2v) is 5.20. The fourth-order valence-corrected chi connectivity index (χ4v) is 2.52. The van der Waals surface area contributed by atoms with Gasteiger partial charge in [-0.05, 0) is 49.7 Å². The second kappa shape index (κ2) is 6.56. The Bertz CT molecular complexity index is 513. The first-order chi connectivity index (χ1) is 9.61. The Kier molecular flexibility index (Phi) is 4.79. The Morgan fingerprint density at radius 3 is 2.65 bits per heavy atom. The molecule has 0 atom stereocenters. The number of piperidine rings is 1. The van der Waals surface area contributed by atoms with Gasteiger partial charge in [0.1, 0.15) is 0 Å². The lowest BCUT2D eigenvalue weighted by Crippen LogP contribution is -2.31. The molecular formula is C14H19N3O2S. The van der Waals surface area contributed by atoms with E-state index in [9.17, 15) is 4.79 Å². The molecular weight excluding hydrogens is 274 g/mol. The molecule has 1 saturated heterocycles. The molecule has 0 bridgehead atoms. The Hall–Kier alpha value is -1.82. The van der Waals surface area contributed by atoms with Gasteiger partial charge in [0.2, 0.25) is 0 Å². The number of nitrogens with one attached hydrogen (secondary N) is 1. The van der Waals surface area contributed by atoms with Crippen LogP contribution in [0.2, 0.25) is 0 Å². The van der Waals surface area contributed by atoms with E-state index in [0.29, 0.717) is 5.56 Å². The highest BCUT2D eigenvalue weighted by molar-refractivity contribution is 7.80. The lowest BCUT2D eigenvalue weighted by Gasteiger charge is -2.31. The predicted molar refractivity (Wildman–Crippen MR) is 84.3 cm³/mol. The van der Waals surface area contributed by atoms with Crippen molar-refractivity contribution in [1.29, 1.82) is 0 Å². The van der Waals surface area contributed by atoms with E-state index in [1.165, 1.54) is 13.5 Å². The van der Waals surface area contributed by atoms with Crippen molar-refractivity contribution in [2.24, 2.45) is 5.73 Å². The van der Waals surface area contributed by atoms with Crippen LogP contribution in [0.4, 0.5) is 11.4 Å². The van der Waals surface area contributed by atoms with Crippen LogP contribution in [-0.4, -0.2) is 31.3 Å². The third-order valence-corrected chi connectivity index (χ3v) is 3.48. The number of nitrogens with zero attached hydrogens (tertiary/aromatic N) is 1. The minimum atomic E-state index is -0.342. The van der Waals surface area contributed by atoms with Crippen molar-refractivity contribution in [2.75, 3.05) is 30.4 Å².